The minimum absolute atomic E-state index is 0.125. The van der Waals surface area contributed by atoms with Crippen LogP contribution in [0.25, 0.3) is 11.3 Å². The normalized spacial score (nSPS) is 13.7. The van der Waals surface area contributed by atoms with Crippen LogP contribution in [0, 0.1) is 0 Å². The predicted octanol–water partition coefficient (Wildman–Crippen LogP) is 6.37. The Morgan fingerprint density at radius 3 is 2.58 bits per heavy atom. The van der Waals surface area contributed by atoms with Crippen molar-refractivity contribution in [3.8, 4) is 11.3 Å². The number of carbonyl (C=O) groups excluding carboxylic acids is 1. The predicted molar refractivity (Wildman–Crippen MR) is 130 cm³/mol. The van der Waals surface area contributed by atoms with Gasteiger partial charge in [0.05, 0.1) is 16.4 Å². The van der Waals surface area contributed by atoms with Gasteiger partial charge in [0.2, 0.25) is 0 Å². The topological polar surface area (TPSA) is 57.5 Å². The van der Waals surface area contributed by atoms with Crippen molar-refractivity contribution in [3.63, 3.8) is 0 Å². The second-order valence-corrected chi connectivity index (χ2v) is 8.51. The number of para-hydroxylation sites is 2. The smallest absolute Gasteiger partial charge is 0.293 e. The lowest BCUT2D eigenvalue weighted by molar-refractivity contribution is 0.0951. The number of hydrogen-bond acceptors (Lipinski definition) is 4. The monoisotopic (exact) mass is 473 g/mol. The molecule has 160 valence electrons. The molecule has 1 aliphatic heterocycles. The molecule has 1 aromatic heterocycles. The van der Waals surface area contributed by atoms with E-state index in [-0.39, 0.29) is 10.9 Å². The van der Waals surface area contributed by atoms with Crippen molar-refractivity contribution in [2.75, 3.05) is 23.3 Å². The summed E-state index contributed by atoms with van der Waals surface area (Å²) in [6.07, 6.45) is 3.60. The average molecular weight is 474 g/mol. The Kier molecular flexibility index (Phi) is 6.80. The van der Waals surface area contributed by atoms with Crippen LogP contribution in [0.1, 0.15) is 29.8 Å². The summed E-state index contributed by atoms with van der Waals surface area (Å²) in [4.78, 5) is 15.0. The average Bonchev–Trinajstić information content (AvgIpc) is 3.27. The van der Waals surface area contributed by atoms with Gasteiger partial charge >= 0.3 is 0 Å². The van der Waals surface area contributed by atoms with Gasteiger partial charge in [0.1, 0.15) is 5.76 Å². The summed E-state index contributed by atoms with van der Waals surface area (Å²) in [6, 6.07) is 16.3. The first-order chi connectivity index (χ1) is 15.0. The lowest BCUT2D eigenvalue weighted by atomic mass is 10.1. The number of rotatable bonds is 4. The largest absolute Gasteiger partial charge is 0.451 e. The molecule has 8 heteroatoms. The minimum Gasteiger partial charge on any atom is -0.451 e. The Morgan fingerprint density at radius 2 is 1.77 bits per heavy atom. The van der Waals surface area contributed by atoms with Crippen molar-refractivity contribution < 1.29 is 9.21 Å². The molecule has 0 saturated carbocycles. The third kappa shape index (κ3) is 5.21. The fraction of sp³-hybridized carbons (Fsp3) is 0.217. The Hall–Kier alpha value is -2.54. The molecule has 0 atom stereocenters. The second-order valence-electron chi connectivity index (χ2n) is 7.26. The zero-order valence-electron chi connectivity index (χ0n) is 16.7. The summed E-state index contributed by atoms with van der Waals surface area (Å²) in [6.45, 7) is 2.03. The molecule has 0 aliphatic carbocycles. The maximum Gasteiger partial charge on any atom is 0.293 e. The summed E-state index contributed by atoms with van der Waals surface area (Å²) in [5.74, 6) is 0.129. The number of nitrogens with one attached hydrogen (secondary N) is 2. The molecule has 4 rings (SSSR count). The SMILES string of the molecule is O=C(NC(=S)Nc1ccccc1N1CCCCC1)c1ccc(-c2cc(Cl)ccc2Cl)o1. The fourth-order valence-corrected chi connectivity index (χ4v) is 4.18. The number of nitrogens with zero attached hydrogens (tertiary/aromatic N) is 1. The van der Waals surface area contributed by atoms with E-state index in [4.69, 9.17) is 39.8 Å². The molecular weight excluding hydrogens is 453 g/mol. The van der Waals surface area contributed by atoms with Gasteiger partial charge < -0.3 is 14.6 Å². The Labute approximate surface area is 196 Å². The van der Waals surface area contributed by atoms with Crippen molar-refractivity contribution in [1.29, 1.82) is 0 Å². The van der Waals surface area contributed by atoms with Crippen LogP contribution in [0.3, 0.4) is 0 Å². The summed E-state index contributed by atoms with van der Waals surface area (Å²) in [7, 11) is 0. The second kappa shape index (κ2) is 9.73. The summed E-state index contributed by atoms with van der Waals surface area (Å²) in [5.41, 5.74) is 2.56. The van der Waals surface area contributed by atoms with Crippen LogP contribution in [-0.4, -0.2) is 24.1 Å². The first-order valence-electron chi connectivity index (χ1n) is 10.0. The highest BCUT2D eigenvalue weighted by Crippen LogP contribution is 2.32. The molecule has 0 spiro atoms. The Morgan fingerprint density at radius 1 is 1.00 bits per heavy atom. The number of benzene rings is 2. The van der Waals surface area contributed by atoms with E-state index < -0.39 is 5.91 Å². The maximum absolute atomic E-state index is 12.6. The highest BCUT2D eigenvalue weighted by molar-refractivity contribution is 7.80. The lowest BCUT2D eigenvalue weighted by Gasteiger charge is -2.30. The van der Waals surface area contributed by atoms with Crippen molar-refractivity contribution in [1.82, 2.24) is 5.32 Å². The van der Waals surface area contributed by atoms with Crippen LogP contribution in [0.4, 0.5) is 11.4 Å². The fourth-order valence-electron chi connectivity index (χ4n) is 3.60. The molecule has 2 N–H and O–H groups in total. The quantitative estimate of drug-likeness (QED) is 0.431. The van der Waals surface area contributed by atoms with Crippen LogP contribution in [0.2, 0.25) is 10.0 Å². The number of hydrogen-bond donors (Lipinski definition) is 2. The Balaban J connectivity index is 1.44. The number of thiocarbonyl (C=S) groups is 1. The van der Waals surface area contributed by atoms with Gasteiger partial charge in [-0.05, 0) is 73.9 Å². The van der Waals surface area contributed by atoms with E-state index in [1.165, 1.54) is 19.3 Å². The molecule has 1 saturated heterocycles. The first kappa shape index (κ1) is 21.7. The Bertz CT molecular complexity index is 1110. The maximum atomic E-state index is 12.6. The highest BCUT2D eigenvalue weighted by atomic mass is 35.5. The third-order valence-electron chi connectivity index (χ3n) is 5.10. The standard InChI is InChI=1S/C23H21Cl2N3O2S/c24-15-8-9-17(25)16(14-15)20-10-11-21(30-20)22(29)27-23(31)26-18-6-2-3-7-19(18)28-12-4-1-5-13-28/h2-3,6-11,14H,1,4-5,12-13H2,(H2,26,27,29,31). The molecule has 2 heterocycles. The van der Waals surface area contributed by atoms with Crippen molar-refractivity contribution >= 4 is 57.8 Å². The van der Waals surface area contributed by atoms with Gasteiger partial charge in [-0.25, -0.2) is 0 Å². The molecule has 1 aliphatic rings. The molecule has 0 radical (unpaired) electrons. The number of carbonyl (C=O) groups is 1. The van der Waals surface area contributed by atoms with Gasteiger partial charge in [0, 0.05) is 23.7 Å². The van der Waals surface area contributed by atoms with Gasteiger partial charge in [-0.15, -0.1) is 0 Å². The zero-order chi connectivity index (χ0) is 21.8. The van der Waals surface area contributed by atoms with E-state index in [0.717, 1.165) is 24.5 Å². The highest BCUT2D eigenvalue weighted by Gasteiger charge is 2.18. The van der Waals surface area contributed by atoms with Gasteiger partial charge in [0.25, 0.3) is 5.91 Å². The molecule has 1 amide bonds. The van der Waals surface area contributed by atoms with Gasteiger partial charge in [-0.2, -0.15) is 0 Å². The van der Waals surface area contributed by atoms with Crippen LogP contribution in [0.5, 0.6) is 0 Å². The molecule has 0 unspecified atom stereocenters. The summed E-state index contributed by atoms with van der Waals surface area (Å²) in [5, 5.41) is 7.03. The van der Waals surface area contributed by atoms with E-state index in [1.54, 1.807) is 30.3 Å². The third-order valence-corrected chi connectivity index (χ3v) is 5.87. The molecule has 1 fully saturated rings. The van der Waals surface area contributed by atoms with E-state index in [2.05, 4.69) is 21.6 Å². The van der Waals surface area contributed by atoms with E-state index in [9.17, 15) is 4.79 Å². The van der Waals surface area contributed by atoms with Crippen LogP contribution < -0.4 is 15.5 Å². The number of amides is 1. The molecule has 31 heavy (non-hydrogen) atoms. The van der Waals surface area contributed by atoms with Gasteiger partial charge in [0.15, 0.2) is 10.9 Å². The summed E-state index contributed by atoms with van der Waals surface area (Å²) >= 11 is 17.6. The number of furan rings is 1. The van der Waals surface area contributed by atoms with Crippen LogP contribution in [-0.2, 0) is 0 Å². The molecule has 0 bridgehead atoms. The number of halogens is 2. The number of piperidine rings is 1. The molecule has 2 aromatic carbocycles. The van der Waals surface area contributed by atoms with Crippen molar-refractivity contribution in [2.24, 2.45) is 0 Å². The molecule has 5 nitrogen and oxygen atoms in total. The lowest BCUT2D eigenvalue weighted by Crippen LogP contribution is -2.35. The van der Waals surface area contributed by atoms with E-state index in [1.807, 2.05) is 18.2 Å². The van der Waals surface area contributed by atoms with Crippen LogP contribution in [0.15, 0.2) is 59.0 Å². The van der Waals surface area contributed by atoms with Crippen molar-refractivity contribution in [3.05, 3.63) is 70.4 Å². The van der Waals surface area contributed by atoms with Gasteiger partial charge in [-0.1, -0.05) is 35.3 Å². The molecular formula is C23H21Cl2N3O2S. The number of anilines is 2. The zero-order valence-corrected chi connectivity index (χ0v) is 19.0. The summed E-state index contributed by atoms with van der Waals surface area (Å²) < 4.78 is 5.69. The van der Waals surface area contributed by atoms with Crippen molar-refractivity contribution in [2.45, 2.75) is 19.3 Å². The van der Waals surface area contributed by atoms with E-state index in [0.29, 0.717) is 21.4 Å². The van der Waals surface area contributed by atoms with Crippen LogP contribution >= 0.6 is 35.4 Å². The first-order valence-corrected chi connectivity index (χ1v) is 11.2. The molecule has 3 aromatic rings. The van der Waals surface area contributed by atoms with E-state index >= 15 is 0 Å². The minimum atomic E-state index is -0.447. The van der Waals surface area contributed by atoms with Gasteiger partial charge in [-0.3, -0.25) is 10.1 Å².